The molecule has 3 atom stereocenters. The average Bonchev–Trinajstić information content (AvgIpc) is 2.89. The van der Waals surface area contributed by atoms with Crippen LogP contribution in [-0.4, -0.2) is 58.0 Å². The Hall–Kier alpha value is -2.58. The van der Waals surface area contributed by atoms with Crippen molar-refractivity contribution in [3.05, 3.63) is 88.1 Å². The molecule has 0 aliphatic carbocycles. The van der Waals surface area contributed by atoms with E-state index in [2.05, 4.69) is 10.2 Å². The van der Waals surface area contributed by atoms with E-state index in [1.807, 2.05) is 85.0 Å². The first-order valence-electron chi connectivity index (χ1n) is 11.9. The summed E-state index contributed by atoms with van der Waals surface area (Å²) in [6.45, 7) is 3.51. The van der Waals surface area contributed by atoms with Gasteiger partial charge < -0.3 is 20.2 Å². The zero-order chi connectivity index (χ0) is 24.8. The number of nitrogens with one attached hydrogen (secondary N) is 2. The largest absolute Gasteiger partial charge is 0.593 e. The van der Waals surface area contributed by atoms with E-state index in [4.69, 9.17) is 22.0 Å². The number of hydrogen-bond acceptors (Lipinski definition) is 6. The van der Waals surface area contributed by atoms with Crippen molar-refractivity contribution in [1.29, 1.82) is 5.41 Å². The molecular formula is C27H32ClN5OS. The normalized spacial score (nSPS) is 21.4. The van der Waals surface area contributed by atoms with Gasteiger partial charge in [0.2, 0.25) is 0 Å². The number of piperidine rings is 1. The summed E-state index contributed by atoms with van der Waals surface area (Å²) in [5, 5.41) is 13.9. The van der Waals surface area contributed by atoms with Crippen LogP contribution < -0.4 is 5.32 Å². The second kappa shape index (κ2) is 11.9. The molecule has 8 heteroatoms. The number of rotatable bonds is 8. The zero-order valence-corrected chi connectivity index (χ0v) is 21.7. The number of benzene rings is 2. The molecule has 0 spiro atoms. The van der Waals surface area contributed by atoms with Crippen molar-refractivity contribution in [2.75, 3.05) is 20.1 Å². The number of nitrogens with zero attached hydrogens (tertiary/aromatic N) is 3. The monoisotopic (exact) mass is 509 g/mol. The Kier molecular flexibility index (Phi) is 8.68. The number of hydrogen-bond donors (Lipinski definition) is 2. The molecule has 184 valence electrons. The highest BCUT2D eigenvalue weighted by atomic mass is 35.5. The van der Waals surface area contributed by atoms with E-state index in [0.717, 1.165) is 48.6 Å². The summed E-state index contributed by atoms with van der Waals surface area (Å²) in [6, 6.07) is 17.9. The van der Waals surface area contributed by atoms with Crippen molar-refractivity contribution in [2.24, 2.45) is 10.9 Å². The molecule has 1 fully saturated rings. The SMILES string of the molecule is CC(C=N)C1N=C(c2ccccc2Cl)C=C(NC2CCN([S+]([O-])/C=C/c3ccccc3)CC2)N1C. The second-order valence-electron chi connectivity index (χ2n) is 8.91. The van der Waals surface area contributed by atoms with Crippen molar-refractivity contribution >= 4 is 41.0 Å². The second-order valence-corrected chi connectivity index (χ2v) is 10.7. The molecule has 6 nitrogen and oxygen atoms in total. The van der Waals surface area contributed by atoms with Gasteiger partial charge in [0.05, 0.1) is 17.1 Å². The van der Waals surface area contributed by atoms with Gasteiger partial charge in [-0.05, 0) is 30.5 Å². The molecule has 0 amide bonds. The van der Waals surface area contributed by atoms with Gasteiger partial charge in [-0.15, -0.1) is 4.31 Å². The zero-order valence-electron chi connectivity index (χ0n) is 20.1. The third-order valence-electron chi connectivity index (χ3n) is 6.44. The number of aliphatic imine (C=N–C) groups is 1. The summed E-state index contributed by atoms with van der Waals surface area (Å²) in [5.41, 5.74) is 2.76. The highest BCUT2D eigenvalue weighted by Gasteiger charge is 2.30. The lowest BCUT2D eigenvalue weighted by atomic mass is 10.0. The van der Waals surface area contributed by atoms with Crippen molar-refractivity contribution in [3.63, 3.8) is 0 Å². The fourth-order valence-electron chi connectivity index (χ4n) is 4.33. The molecule has 2 aliphatic rings. The molecule has 2 N–H and O–H groups in total. The lowest BCUT2D eigenvalue weighted by Gasteiger charge is -2.39. The first kappa shape index (κ1) is 25.5. The van der Waals surface area contributed by atoms with Crippen LogP contribution in [0.4, 0.5) is 0 Å². The summed E-state index contributed by atoms with van der Waals surface area (Å²) in [7, 11) is 2.01. The van der Waals surface area contributed by atoms with Gasteiger partial charge in [-0.3, -0.25) is 4.99 Å². The highest BCUT2D eigenvalue weighted by Crippen LogP contribution is 2.26. The van der Waals surface area contributed by atoms with Crippen molar-refractivity contribution in [1.82, 2.24) is 14.5 Å². The summed E-state index contributed by atoms with van der Waals surface area (Å²) in [4.78, 5) is 7.02. The van der Waals surface area contributed by atoms with E-state index in [1.165, 1.54) is 6.21 Å². The van der Waals surface area contributed by atoms with Gasteiger partial charge >= 0.3 is 0 Å². The molecule has 2 aliphatic heterocycles. The summed E-state index contributed by atoms with van der Waals surface area (Å²) in [5.74, 6) is 0.917. The predicted molar refractivity (Wildman–Crippen MR) is 147 cm³/mol. The Balaban J connectivity index is 1.42. The smallest absolute Gasteiger partial charge is 0.139 e. The Morgan fingerprint density at radius 2 is 1.83 bits per heavy atom. The van der Waals surface area contributed by atoms with Gasteiger partial charge in [-0.2, -0.15) is 0 Å². The van der Waals surface area contributed by atoms with Gasteiger partial charge in [0.25, 0.3) is 0 Å². The van der Waals surface area contributed by atoms with Crippen molar-refractivity contribution < 1.29 is 4.55 Å². The van der Waals surface area contributed by atoms with Crippen LogP contribution >= 0.6 is 11.6 Å². The quantitative estimate of drug-likeness (QED) is 0.391. The van der Waals surface area contributed by atoms with E-state index >= 15 is 0 Å². The minimum atomic E-state index is -1.14. The van der Waals surface area contributed by atoms with Gasteiger partial charge in [0.15, 0.2) is 0 Å². The standard InChI is InChI=1S/C27H32ClN5OS/c1-20(19-29)27-31-25(23-10-6-7-11-24(23)28)18-26(32(27)2)30-22-12-15-33(16-13-22)35(34)17-14-21-8-4-3-5-9-21/h3-11,14,17-20,22,27,29-30H,12-13,15-16H2,1-2H3/b17-14+,29-19?. The molecule has 0 aromatic heterocycles. The number of halogens is 1. The maximum absolute atomic E-state index is 12.8. The molecule has 35 heavy (non-hydrogen) atoms. The van der Waals surface area contributed by atoms with Crippen LogP contribution in [0.15, 0.2) is 76.9 Å². The van der Waals surface area contributed by atoms with E-state index in [9.17, 15) is 4.55 Å². The Labute approximate surface area is 216 Å². The average molecular weight is 510 g/mol. The third-order valence-corrected chi connectivity index (χ3v) is 8.01. The predicted octanol–water partition coefficient (Wildman–Crippen LogP) is 4.92. The van der Waals surface area contributed by atoms with Gasteiger partial charge in [0.1, 0.15) is 17.4 Å². The van der Waals surface area contributed by atoms with Gasteiger partial charge in [0, 0.05) is 55.0 Å². The van der Waals surface area contributed by atoms with Gasteiger partial charge in [-0.25, -0.2) is 0 Å². The molecule has 0 bridgehead atoms. The van der Waals surface area contributed by atoms with Crippen LogP contribution in [0.2, 0.25) is 5.02 Å². The van der Waals surface area contributed by atoms with Crippen LogP contribution in [0.25, 0.3) is 6.08 Å². The van der Waals surface area contributed by atoms with E-state index in [-0.39, 0.29) is 18.1 Å². The molecule has 4 rings (SSSR count). The summed E-state index contributed by atoms with van der Waals surface area (Å²) < 4.78 is 14.8. The molecule has 2 heterocycles. The molecule has 2 aromatic rings. The minimum Gasteiger partial charge on any atom is -0.593 e. The van der Waals surface area contributed by atoms with Crippen LogP contribution in [0.3, 0.4) is 0 Å². The molecule has 1 saturated heterocycles. The maximum atomic E-state index is 12.8. The summed E-state index contributed by atoms with van der Waals surface area (Å²) in [6.07, 6.45) is 6.99. The van der Waals surface area contributed by atoms with Crippen LogP contribution in [0.5, 0.6) is 0 Å². The van der Waals surface area contributed by atoms with E-state index < -0.39 is 11.4 Å². The van der Waals surface area contributed by atoms with Crippen molar-refractivity contribution in [2.45, 2.75) is 32.0 Å². The third kappa shape index (κ3) is 6.35. The first-order valence-corrected chi connectivity index (χ1v) is 13.4. The van der Waals surface area contributed by atoms with E-state index in [0.29, 0.717) is 5.02 Å². The molecule has 0 saturated carbocycles. The highest BCUT2D eigenvalue weighted by molar-refractivity contribution is 7.92. The Bertz CT molecular complexity index is 1100. The lowest BCUT2D eigenvalue weighted by molar-refractivity contribution is 0.229. The molecular weight excluding hydrogens is 478 g/mol. The molecule has 3 unspecified atom stereocenters. The van der Waals surface area contributed by atoms with E-state index in [1.54, 1.807) is 5.41 Å². The molecule has 2 aromatic carbocycles. The fourth-order valence-corrected chi connectivity index (χ4v) is 5.58. The van der Waals surface area contributed by atoms with Gasteiger partial charge in [-0.1, -0.05) is 67.1 Å². The Morgan fingerprint density at radius 3 is 2.51 bits per heavy atom. The van der Waals surface area contributed by atoms with Crippen LogP contribution in [0.1, 0.15) is 30.9 Å². The van der Waals surface area contributed by atoms with Crippen LogP contribution in [0, 0.1) is 11.3 Å². The first-order chi connectivity index (χ1) is 17.0. The lowest BCUT2D eigenvalue weighted by Crippen LogP contribution is -2.49. The van der Waals surface area contributed by atoms with Crippen LogP contribution in [-0.2, 0) is 11.4 Å². The van der Waals surface area contributed by atoms with Crippen molar-refractivity contribution in [3.8, 4) is 0 Å². The molecule has 0 radical (unpaired) electrons. The number of allylic oxidation sites excluding steroid dienone is 1. The maximum Gasteiger partial charge on any atom is 0.139 e. The summed E-state index contributed by atoms with van der Waals surface area (Å²) >= 11 is 5.34. The minimum absolute atomic E-state index is 0.0522. The Morgan fingerprint density at radius 1 is 1.14 bits per heavy atom. The topological polar surface area (TPSA) is 77.8 Å². The fraction of sp³-hybridized carbons (Fsp3) is 0.333.